The van der Waals surface area contributed by atoms with Gasteiger partial charge in [0.05, 0.1) is 17.8 Å². The van der Waals surface area contributed by atoms with Gasteiger partial charge in [-0.25, -0.2) is 0 Å². The zero-order chi connectivity index (χ0) is 14.6. The van der Waals surface area contributed by atoms with Crippen molar-refractivity contribution in [3.05, 3.63) is 68.3 Å². The molecule has 4 heteroatoms. The highest BCUT2D eigenvalue weighted by atomic mass is 127. The molecule has 1 saturated heterocycles. The fourth-order valence-electron chi connectivity index (χ4n) is 3.23. The summed E-state index contributed by atoms with van der Waals surface area (Å²) in [5.74, 6) is 0. The lowest BCUT2D eigenvalue weighted by molar-refractivity contribution is 0.419. The van der Waals surface area contributed by atoms with E-state index in [0.29, 0.717) is 12.1 Å². The SMILES string of the molecule is CC1N=C(c2ccc(I)cc2)C2C(c3ccc(Cl)cc3)N12. The number of halogens is 2. The molecule has 4 rings (SSSR count). The molecule has 4 unspecified atom stereocenters. The summed E-state index contributed by atoms with van der Waals surface area (Å²) >= 11 is 8.32. The number of nitrogens with zero attached hydrogens (tertiary/aromatic N) is 2. The van der Waals surface area contributed by atoms with Gasteiger partial charge in [-0.15, -0.1) is 0 Å². The highest BCUT2D eigenvalue weighted by molar-refractivity contribution is 14.1. The first kappa shape index (κ1) is 13.7. The van der Waals surface area contributed by atoms with E-state index in [1.807, 2.05) is 12.1 Å². The van der Waals surface area contributed by atoms with Gasteiger partial charge < -0.3 is 0 Å². The van der Waals surface area contributed by atoms with E-state index in [4.69, 9.17) is 16.6 Å². The van der Waals surface area contributed by atoms with Gasteiger partial charge in [0.1, 0.15) is 6.17 Å². The Balaban J connectivity index is 1.65. The first-order valence-corrected chi connectivity index (χ1v) is 8.47. The van der Waals surface area contributed by atoms with Crippen LogP contribution < -0.4 is 0 Å². The number of aliphatic imine (C=N–C) groups is 1. The Morgan fingerprint density at radius 1 is 1.00 bits per heavy atom. The second-order valence-corrected chi connectivity index (χ2v) is 7.22. The van der Waals surface area contributed by atoms with Crippen LogP contribution in [0.2, 0.25) is 5.02 Å². The monoisotopic (exact) mass is 408 g/mol. The lowest BCUT2D eigenvalue weighted by atomic mass is 10.0. The third kappa shape index (κ3) is 2.31. The summed E-state index contributed by atoms with van der Waals surface area (Å²) in [7, 11) is 0. The van der Waals surface area contributed by atoms with E-state index >= 15 is 0 Å². The van der Waals surface area contributed by atoms with Crippen molar-refractivity contribution in [1.82, 2.24) is 4.90 Å². The summed E-state index contributed by atoms with van der Waals surface area (Å²) in [6, 6.07) is 17.7. The maximum absolute atomic E-state index is 5.99. The van der Waals surface area contributed by atoms with Crippen LogP contribution in [0.3, 0.4) is 0 Å². The molecule has 0 N–H and O–H groups in total. The predicted molar refractivity (Wildman–Crippen MR) is 95.0 cm³/mol. The summed E-state index contributed by atoms with van der Waals surface area (Å²) in [5, 5.41) is 0.791. The Morgan fingerprint density at radius 2 is 1.67 bits per heavy atom. The molecule has 21 heavy (non-hydrogen) atoms. The van der Waals surface area contributed by atoms with Crippen molar-refractivity contribution in [2.75, 3.05) is 0 Å². The molecule has 2 nitrogen and oxygen atoms in total. The maximum Gasteiger partial charge on any atom is 0.101 e. The lowest BCUT2D eigenvalue weighted by Gasteiger charge is -2.09. The van der Waals surface area contributed by atoms with Crippen LogP contribution in [0.15, 0.2) is 53.5 Å². The molecule has 0 spiro atoms. The minimum Gasteiger partial charge on any atom is -0.269 e. The number of rotatable bonds is 2. The van der Waals surface area contributed by atoms with Crippen LogP contribution in [0.25, 0.3) is 0 Å². The van der Waals surface area contributed by atoms with Crippen LogP contribution in [0.4, 0.5) is 0 Å². The van der Waals surface area contributed by atoms with Crippen LogP contribution >= 0.6 is 34.2 Å². The average molecular weight is 409 g/mol. The van der Waals surface area contributed by atoms with Crippen LogP contribution in [-0.2, 0) is 0 Å². The van der Waals surface area contributed by atoms with Crippen LogP contribution in [0.1, 0.15) is 24.1 Å². The Labute approximate surface area is 143 Å². The van der Waals surface area contributed by atoms with E-state index in [2.05, 4.69) is 70.8 Å². The van der Waals surface area contributed by atoms with E-state index < -0.39 is 0 Å². The Morgan fingerprint density at radius 3 is 2.33 bits per heavy atom. The quantitative estimate of drug-likeness (QED) is 0.527. The fraction of sp³-hybridized carbons (Fsp3) is 0.235. The van der Waals surface area contributed by atoms with E-state index in [9.17, 15) is 0 Å². The van der Waals surface area contributed by atoms with Crippen molar-refractivity contribution in [2.45, 2.75) is 25.2 Å². The molecule has 2 aliphatic rings. The number of benzene rings is 2. The predicted octanol–water partition coefficient (Wildman–Crippen LogP) is 4.52. The third-order valence-corrected chi connectivity index (χ3v) is 5.21. The second-order valence-electron chi connectivity index (χ2n) is 5.54. The summed E-state index contributed by atoms with van der Waals surface area (Å²) in [6.45, 7) is 2.17. The van der Waals surface area contributed by atoms with Crippen molar-refractivity contribution >= 4 is 39.9 Å². The zero-order valence-electron chi connectivity index (χ0n) is 11.5. The standard InChI is InChI=1S/C17H14ClIN2/c1-10-20-15(11-4-8-14(19)9-5-11)17-16(21(10)17)12-2-6-13(18)7-3-12/h2-10,16-17H,1H3. The minimum atomic E-state index is 0.255. The third-order valence-electron chi connectivity index (χ3n) is 4.24. The van der Waals surface area contributed by atoms with Crippen molar-refractivity contribution in [3.63, 3.8) is 0 Å². The molecule has 1 fully saturated rings. The van der Waals surface area contributed by atoms with E-state index in [1.54, 1.807) is 0 Å². The van der Waals surface area contributed by atoms with Gasteiger partial charge >= 0.3 is 0 Å². The molecule has 2 aromatic rings. The second kappa shape index (κ2) is 5.07. The number of hydrogen-bond donors (Lipinski definition) is 0. The van der Waals surface area contributed by atoms with E-state index in [1.165, 1.54) is 20.4 Å². The van der Waals surface area contributed by atoms with Gasteiger partial charge in [0.15, 0.2) is 0 Å². The topological polar surface area (TPSA) is 15.4 Å². The lowest BCUT2D eigenvalue weighted by Crippen LogP contribution is -2.09. The van der Waals surface area contributed by atoms with Gasteiger partial charge in [-0.3, -0.25) is 9.89 Å². The highest BCUT2D eigenvalue weighted by Gasteiger charge is 2.57. The van der Waals surface area contributed by atoms with Gasteiger partial charge in [0, 0.05) is 8.59 Å². The van der Waals surface area contributed by atoms with E-state index in [0.717, 1.165) is 5.02 Å². The molecule has 106 valence electrons. The number of hydrogen-bond acceptors (Lipinski definition) is 2. The van der Waals surface area contributed by atoms with Crippen molar-refractivity contribution in [3.8, 4) is 0 Å². The van der Waals surface area contributed by atoms with Crippen LogP contribution in [-0.4, -0.2) is 22.8 Å². The van der Waals surface area contributed by atoms with Gasteiger partial charge in [-0.1, -0.05) is 35.9 Å². The molecular formula is C17H14ClIN2. The zero-order valence-corrected chi connectivity index (χ0v) is 14.4. The largest absolute Gasteiger partial charge is 0.269 e. The smallest absolute Gasteiger partial charge is 0.101 e. The Hall–Kier alpha value is -0.910. The van der Waals surface area contributed by atoms with Crippen LogP contribution in [0.5, 0.6) is 0 Å². The highest BCUT2D eigenvalue weighted by Crippen LogP contribution is 2.50. The van der Waals surface area contributed by atoms with Crippen molar-refractivity contribution in [1.29, 1.82) is 0 Å². The molecule has 0 amide bonds. The molecule has 0 aliphatic carbocycles. The first-order chi connectivity index (χ1) is 10.1. The summed E-state index contributed by atoms with van der Waals surface area (Å²) < 4.78 is 1.25. The average Bonchev–Trinajstić information content (AvgIpc) is 3.13. The summed E-state index contributed by atoms with van der Waals surface area (Å²) in [5.41, 5.74) is 3.79. The van der Waals surface area contributed by atoms with E-state index in [-0.39, 0.29) is 6.17 Å². The maximum atomic E-state index is 5.99. The molecular weight excluding hydrogens is 395 g/mol. The fourth-order valence-corrected chi connectivity index (χ4v) is 3.71. The normalized spacial score (nSPS) is 30.0. The molecule has 0 saturated carbocycles. The summed E-state index contributed by atoms with van der Waals surface area (Å²) in [6.07, 6.45) is 0.255. The molecule has 4 atom stereocenters. The molecule has 0 aromatic heterocycles. The van der Waals surface area contributed by atoms with Crippen LogP contribution in [0, 0.1) is 3.57 Å². The molecule has 0 radical (unpaired) electrons. The Kier molecular flexibility index (Phi) is 3.32. The minimum absolute atomic E-state index is 0.255. The molecule has 0 bridgehead atoms. The summed E-state index contributed by atoms with van der Waals surface area (Å²) in [4.78, 5) is 7.28. The van der Waals surface area contributed by atoms with Crippen molar-refractivity contribution < 1.29 is 0 Å². The molecule has 2 aliphatic heterocycles. The van der Waals surface area contributed by atoms with Gasteiger partial charge in [0.25, 0.3) is 0 Å². The Bertz CT molecular complexity index is 709. The first-order valence-electron chi connectivity index (χ1n) is 7.02. The van der Waals surface area contributed by atoms with Gasteiger partial charge in [-0.05, 0) is 64.9 Å². The van der Waals surface area contributed by atoms with Gasteiger partial charge in [-0.2, -0.15) is 0 Å². The number of fused-ring (bicyclic) bond motifs is 1. The van der Waals surface area contributed by atoms with Gasteiger partial charge in [0.2, 0.25) is 0 Å². The molecule has 2 heterocycles. The van der Waals surface area contributed by atoms with Crippen molar-refractivity contribution in [2.24, 2.45) is 4.99 Å². The molecule has 2 aromatic carbocycles.